The molecular weight excluding hydrogens is 400 g/mol. The Morgan fingerprint density at radius 1 is 0.969 bits per heavy atom. The summed E-state index contributed by atoms with van der Waals surface area (Å²) in [6.07, 6.45) is 1.69. The zero-order valence-electron chi connectivity index (χ0n) is 18.0. The van der Waals surface area contributed by atoms with Crippen LogP contribution in [0.4, 0.5) is 5.69 Å². The highest BCUT2D eigenvalue weighted by Gasteiger charge is 2.13. The Kier molecular flexibility index (Phi) is 6.12. The maximum absolute atomic E-state index is 12.5. The summed E-state index contributed by atoms with van der Waals surface area (Å²) in [4.78, 5) is 23.8. The van der Waals surface area contributed by atoms with Gasteiger partial charge >= 0.3 is 0 Å². The molecule has 0 radical (unpaired) electrons. The number of benzene rings is 3. The third-order valence-electron chi connectivity index (χ3n) is 5.27. The van der Waals surface area contributed by atoms with E-state index >= 15 is 0 Å². The fraction of sp³-hybridized carbons (Fsp3) is 0.115. The van der Waals surface area contributed by atoms with E-state index in [1.165, 1.54) is 12.5 Å². The van der Waals surface area contributed by atoms with Crippen LogP contribution in [0.5, 0.6) is 0 Å². The number of hydrogen-bond donors (Lipinski definition) is 2. The van der Waals surface area contributed by atoms with E-state index in [0.29, 0.717) is 11.3 Å². The molecule has 4 aromatic rings. The topological polar surface area (TPSA) is 75.5 Å². The van der Waals surface area contributed by atoms with Crippen LogP contribution >= 0.6 is 0 Å². The van der Waals surface area contributed by atoms with Gasteiger partial charge in [-0.2, -0.15) is 5.10 Å². The van der Waals surface area contributed by atoms with Crippen molar-refractivity contribution >= 4 is 34.6 Å². The standard InChI is InChI=1S/C26H24N4O2/c1-18-24(16-27-29-26(32)21-11-8-12-22(15-21)28-19(2)31)23-13-6-7-14-25(23)30(18)17-20-9-4-3-5-10-20/h3-16H,17H2,1-2H3,(H,28,31)(H,29,32)/b27-16-. The third-order valence-corrected chi connectivity index (χ3v) is 5.27. The van der Waals surface area contributed by atoms with E-state index in [1.807, 2.05) is 30.3 Å². The van der Waals surface area contributed by atoms with E-state index in [1.54, 1.807) is 30.5 Å². The van der Waals surface area contributed by atoms with Crippen molar-refractivity contribution in [2.75, 3.05) is 5.32 Å². The number of para-hydroxylation sites is 1. The van der Waals surface area contributed by atoms with Crippen LogP contribution in [-0.2, 0) is 11.3 Å². The monoisotopic (exact) mass is 424 g/mol. The second kappa shape index (κ2) is 9.31. The van der Waals surface area contributed by atoms with Crippen LogP contribution in [0.1, 0.15) is 34.1 Å². The Hall–Kier alpha value is -4.19. The molecule has 0 saturated carbocycles. The average Bonchev–Trinajstić information content (AvgIpc) is 3.05. The maximum Gasteiger partial charge on any atom is 0.271 e. The van der Waals surface area contributed by atoms with Crippen molar-refractivity contribution in [3.63, 3.8) is 0 Å². The van der Waals surface area contributed by atoms with Crippen LogP contribution in [0.2, 0.25) is 0 Å². The number of carbonyl (C=O) groups excluding carboxylic acids is 2. The minimum atomic E-state index is -0.348. The molecule has 0 aliphatic heterocycles. The molecule has 3 aromatic carbocycles. The Bertz CT molecular complexity index is 1310. The number of amides is 2. The van der Waals surface area contributed by atoms with Gasteiger partial charge in [0.2, 0.25) is 5.91 Å². The van der Waals surface area contributed by atoms with Gasteiger partial charge in [0.1, 0.15) is 0 Å². The lowest BCUT2D eigenvalue weighted by Gasteiger charge is -2.08. The van der Waals surface area contributed by atoms with Crippen LogP contribution in [0.15, 0.2) is 84.0 Å². The molecule has 160 valence electrons. The molecule has 6 nitrogen and oxygen atoms in total. The first-order chi connectivity index (χ1) is 15.5. The predicted molar refractivity (Wildman–Crippen MR) is 128 cm³/mol. The van der Waals surface area contributed by atoms with E-state index in [4.69, 9.17) is 0 Å². The highest BCUT2D eigenvalue weighted by atomic mass is 16.2. The molecule has 0 spiro atoms. The number of fused-ring (bicyclic) bond motifs is 1. The van der Waals surface area contributed by atoms with Crippen molar-refractivity contribution in [3.05, 3.63) is 101 Å². The zero-order chi connectivity index (χ0) is 22.5. The highest BCUT2D eigenvalue weighted by molar-refractivity contribution is 6.02. The van der Waals surface area contributed by atoms with Gasteiger partial charge < -0.3 is 9.88 Å². The molecule has 32 heavy (non-hydrogen) atoms. The molecule has 0 aliphatic rings. The molecular formula is C26H24N4O2. The minimum absolute atomic E-state index is 0.192. The molecule has 0 fully saturated rings. The predicted octanol–water partition coefficient (Wildman–Crippen LogP) is 4.72. The molecule has 0 aliphatic carbocycles. The fourth-order valence-corrected chi connectivity index (χ4v) is 3.75. The summed E-state index contributed by atoms with van der Waals surface area (Å²) in [6.45, 7) is 4.24. The number of aromatic nitrogens is 1. The number of nitrogens with one attached hydrogen (secondary N) is 2. The Morgan fingerprint density at radius 2 is 1.72 bits per heavy atom. The Labute approximate surface area is 186 Å². The van der Waals surface area contributed by atoms with Gasteiger partial charge in [-0.3, -0.25) is 9.59 Å². The molecule has 0 atom stereocenters. The molecule has 6 heteroatoms. The number of carbonyl (C=O) groups is 2. The van der Waals surface area contributed by atoms with E-state index in [0.717, 1.165) is 28.7 Å². The lowest BCUT2D eigenvalue weighted by molar-refractivity contribution is -0.114. The van der Waals surface area contributed by atoms with E-state index < -0.39 is 0 Å². The van der Waals surface area contributed by atoms with Crippen molar-refractivity contribution in [1.82, 2.24) is 9.99 Å². The van der Waals surface area contributed by atoms with Crippen molar-refractivity contribution in [3.8, 4) is 0 Å². The zero-order valence-corrected chi connectivity index (χ0v) is 18.0. The quantitative estimate of drug-likeness (QED) is 0.347. The van der Waals surface area contributed by atoms with Gasteiger partial charge in [-0.1, -0.05) is 54.6 Å². The largest absolute Gasteiger partial charge is 0.340 e. The lowest BCUT2D eigenvalue weighted by Crippen LogP contribution is -2.18. The van der Waals surface area contributed by atoms with Gasteiger partial charge in [0.15, 0.2) is 0 Å². The lowest BCUT2D eigenvalue weighted by atomic mass is 10.1. The second-order valence-electron chi connectivity index (χ2n) is 7.55. The Morgan fingerprint density at radius 3 is 2.50 bits per heavy atom. The molecule has 4 rings (SSSR count). The first kappa shape index (κ1) is 21.1. The summed E-state index contributed by atoms with van der Waals surface area (Å²) in [6, 6.07) is 25.2. The van der Waals surface area contributed by atoms with Crippen LogP contribution < -0.4 is 10.7 Å². The van der Waals surface area contributed by atoms with Gasteiger partial charge in [-0.25, -0.2) is 5.43 Å². The SMILES string of the molecule is CC(=O)Nc1cccc(C(=O)N/N=C\c2c(C)n(Cc3ccccc3)c3ccccc23)c1. The summed E-state index contributed by atoms with van der Waals surface area (Å²) in [5.41, 5.74) is 7.93. The molecule has 1 heterocycles. The maximum atomic E-state index is 12.5. The molecule has 2 N–H and O–H groups in total. The normalized spacial score (nSPS) is 11.1. The van der Waals surface area contributed by atoms with Crippen molar-refractivity contribution in [2.45, 2.75) is 20.4 Å². The van der Waals surface area contributed by atoms with Gasteiger partial charge in [0.25, 0.3) is 5.91 Å². The molecule has 1 aromatic heterocycles. The van der Waals surface area contributed by atoms with Gasteiger partial charge in [-0.15, -0.1) is 0 Å². The summed E-state index contributed by atoms with van der Waals surface area (Å²) in [5, 5.41) is 7.96. The van der Waals surface area contributed by atoms with E-state index in [-0.39, 0.29) is 11.8 Å². The number of rotatable bonds is 6. The molecule has 0 saturated heterocycles. The summed E-state index contributed by atoms with van der Waals surface area (Å²) < 4.78 is 2.25. The molecule has 0 bridgehead atoms. The number of hydrogen-bond acceptors (Lipinski definition) is 3. The van der Waals surface area contributed by atoms with E-state index in [9.17, 15) is 9.59 Å². The number of anilines is 1. The average molecular weight is 425 g/mol. The fourth-order valence-electron chi connectivity index (χ4n) is 3.75. The van der Waals surface area contributed by atoms with Crippen molar-refractivity contribution in [2.24, 2.45) is 5.10 Å². The first-order valence-electron chi connectivity index (χ1n) is 10.4. The minimum Gasteiger partial charge on any atom is -0.340 e. The van der Waals surface area contributed by atoms with E-state index in [2.05, 4.69) is 51.6 Å². The van der Waals surface area contributed by atoms with Crippen LogP contribution in [0, 0.1) is 6.92 Å². The van der Waals surface area contributed by atoms with Crippen LogP contribution in [0.25, 0.3) is 10.9 Å². The highest BCUT2D eigenvalue weighted by Crippen LogP contribution is 2.25. The Balaban J connectivity index is 1.57. The van der Waals surface area contributed by atoms with Gasteiger partial charge in [0, 0.05) is 46.9 Å². The molecule has 0 unspecified atom stereocenters. The molecule has 2 amide bonds. The van der Waals surface area contributed by atoms with Gasteiger partial charge in [0.05, 0.1) is 6.21 Å². The van der Waals surface area contributed by atoms with Crippen LogP contribution in [-0.4, -0.2) is 22.6 Å². The van der Waals surface area contributed by atoms with Crippen molar-refractivity contribution < 1.29 is 9.59 Å². The summed E-state index contributed by atoms with van der Waals surface area (Å²) >= 11 is 0. The van der Waals surface area contributed by atoms with Crippen LogP contribution in [0.3, 0.4) is 0 Å². The smallest absolute Gasteiger partial charge is 0.271 e. The third kappa shape index (κ3) is 4.59. The number of hydrazone groups is 1. The van der Waals surface area contributed by atoms with Crippen molar-refractivity contribution in [1.29, 1.82) is 0 Å². The number of nitrogens with zero attached hydrogens (tertiary/aromatic N) is 2. The summed E-state index contributed by atoms with van der Waals surface area (Å²) in [5.74, 6) is -0.540. The second-order valence-corrected chi connectivity index (χ2v) is 7.55. The van der Waals surface area contributed by atoms with Gasteiger partial charge in [-0.05, 0) is 36.8 Å². The first-order valence-corrected chi connectivity index (χ1v) is 10.4. The summed E-state index contributed by atoms with van der Waals surface area (Å²) in [7, 11) is 0.